The third kappa shape index (κ3) is 3.45. The van der Waals surface area contributed by atoms with Crippen molar-refractivity contribution in [1.82, 2.24) is 10.6 Å². The summed E-state index contributed by atoms with van der Waals surface area (Å²) < 4.78 is 12.8. The normalized spacial score (nSPS) is 17.4. The summed E-state index contributed by atoms with van der Waals surface area (Å²) >= 11 is 0. The van der Waals surface area contributed by atoms with Gasteiger partial charge in [0.1, 0.15) is 5.82 Å². The zero-order chi connectivity index (χ0) is 13.0. The molecule has 1 unspecified atom stereocenters. The molecule has 2 N–H and O–H groups in total. The first-order chi connectivity index (χ1) is 8.65. The molecule has 1 fully saturated rings. The Balaban J connectivity index is 1.84. The molecule has 2 rings (SSSR count). The molecule has 1 aromatic carbocycles. The first-order valence-corrected chi connectivity index (χ1v) is 6.47. The molecule has 0 spiro atoms. The third-order valence-corrected chi connectivity index (χ3v) is 3.41. The third-order valence-electron chi connectivity index (χ3n) is 3.41. The fraction of sp³-hybridized carbons (Fsp3) is 0.500. The number of benzene rings is 1. The van der Waals surface area contributed by atoms with Crippen LogP contribution in [0.5, 0.6) is 0 Å². The van der Waals surface area contributed by atoms with Gasteiger partial charge in [0, 0.05) is 6.04 Å². The molecule has 98 valence electrons. The Labute approximate surface area is 107 Å². The van der Waals surface area contributed by atoms with E-state index in [0.717, 1.165) is 18.4 Å². The lowest BCUT2D eigenvalue weighted by Crippen LogP contribution is -2.41. The van der Waals surface area contributed by atoms with Gasteiger partial charge in [0.05, 0.1) is 6.04 Å². The highest BCUT2D eigenvalue weighted by molar-refractivity contribution is 5.74. The van der Waals surface area contributed by atoms with Gasteiger partial charge in [-0.15, -0.1) is 0 Å². The minimum atomic E-state index is -0.263. The molecule has 1 aromatic rings. The Bertz CT molecular complexity index is 399. The van der Waals surface area contributed by atoms with E-state index in [9.17, 15) is 9.18 Å². The van der Waals surface area contributed by atoms with Crippen LogP contribution in [-0.4, -0.2) is 12.1 Å². The number of rotatable bonds is 3. The highest BCUT2D eigenvalue weighted by Gasteiger charge is 2.18. The second kappa shape index (κ2) is 5.85. The first-order valence-electron chi connectivity index (χ1n) is 6.47. The van der Waals surface area contributed by atoms with Gasteiger partial charge in [0.15, 0.2) is 0 Å². The molecule has 0 saturated heterocycles. The zero-order valence-electron chi connectivity index (χ0n) is 10.6. The van der Waals surface area contributed by atoms with Crippen molar-refractivity contribution in [3.8, 4) is 0 Å². The van der Waals surface area contributed by atoms with Crippen molar-refractivity contribution in [2.24, 2.45) is 0 Å². The molecule has 0 radical (unpaired) electrons. The van der Waals surface area contributed by atoms with E-state index in [1.807, 2.05) is 6.92 Å². The minimum Gasteiger partial charge on any atom is -0.335 e. The van der Waals surface area contributed by atoms with E-state index in [0.29, 0.717) is 6.04 Å². The van der Waals surface area contributed by atoms with Gasteiger partial charge in [-0.05, 0) is 37.5 Å². The summed E-state index contributed by atoms with van der Waals surface area (Å²) in [6.45, 7) is 1.89. The minimum absolute atomic E-state index is 0.119. The van der Waals surface area contributed by atoms with E-state index in [1.165, 1.54) is 25.0 Å². The first kappa shape index (κ1) is 12.9. The Morgan fingerprint density at radius 1 is 1.28 bits per heavy atom. The Morgan fingerprint density at radius 2 is 1.89 bits per heavy atom. The Morgan fingerprint density at radius 3 is 2.50 bits per heavy atom. The fourth-order valence-electron chi connectivity index (χ4n) is 2.33. The summed E-state index contributed by atoms with van der Waals surface area (Å²) in [4.78, 5) is 11.8. The van der Waals surface area contributed by atoms with Crippen LogP contribution in [0.4, 0.5) is 9.18 Å². The predicted octanol–water partition coefficient (Wildman–Crippen LogP) is 3.13. The van der Waals surface area contributed by atoms with Crippen molar-refractivity contribution >= 4 is 6.03 Å². The molecule has 0 heterocycles. The molecular weight excluding hydrogens is 231 g/mol. The van der Waals surface area contributed by atoms with Crippen LogP contribution in [0, 0.1) is 5.82 Å². The number of halogens is 1. The van der Waals surface area contributed by atoms with Crippen molar-refractivity contribution in [2.45, 2.75) is 44.7 Å². The van der Waals surface area contributed by atoms with Gasteiger partial charge < -0.3 is 10.6 Å². The number of amides is 2. The lowest BCUT2D eigenvalue weighted by atomic mass is 10.1. The van der Waals surface area contributed by atoms with Crippen LogP contribution in [0.2, 0.25) is 0 Å². The summed E-state index contributed by atoms with van der Waals surface area (Å²) in [7, 11) is 0. The van der Waals surface area contributed by atoms with E-state index >= 15 is 0 Å². The van der Waals surface area contributed by atoms with Crippen molar-refractivity contribution in [3.05, 3.63) is 35.6 Å². The van der Waals surface area contributed by atoms with Gasteiger partial charge in [-0.3, -0.25) is 0 Å². The summed E-state index contributed by atoms with van der Waals surface area (Å²) in [5, 5.41) is 5.84. The molecule has 1 aliphatic carbocycles. The van der Waals surface area contributed by atoms with Gasteiger partial charge in [-0.25, -0.2) is 9.18 Å². The monoisotopic (exact) mass is 250 g/mol. The maximum atomic E-state index is 12.8. The second-order valence-corrected chi connectivity index (χ2v) is 4.87. The highest BCUT2D eigenvalue weighted by Crippen LogP contribution is 2.18. The SMILES string of the molecule is CC(NC(=O)NC1CCCC1)c1ccc(F)cc1. The van der Waals surface area contributed by atoms with Crippen molar-refractivity contribution in [3.63, 3.8) is 0 Å². The van der Waals surface area contributed by atoms with Crippen LogP contribution in [0.15, 0.2) is 24.3 Å². The van der Waals surface area contributed by atoms with Crippen LogP contribution in [0.25, 0.3) is 0 Å². The number of nitrogens with one attached hydrogen (secondary N) is 2. The topological polar surface area (TPSA) is 41.1 Å². The molecule has 0 bridgehead atoms. The molecule has 1 saturated carbocycles. The molecule has 0 aliphatic heterocycles. The highest BCUT2D eigenvalue weighted by atomic mass is 19.1. The van der Waals surface area contributed by atoms with Gasteiger partial charge >= 0.3 is 6.03 Å². The summed E-state index contributed by atoms with van der Waals surface area (Å²) in [5.74, 6) is -0.263. The van der Waals surface area contributed by atoms with Crippen molar-refractivity contribution in [1.29, 1.82) is 0 Å². The van der Waals surface area contributed by atoms with Crippen LogP contribution < -0.4 is 10.6 Å². The number of hydrogen-bond donors (Lipinski definition) is 2. The lowest BCUT2D eigenvalue weighted by molar-refractivity contribution is 0.234. The molecule has 4 heteroatoms. The molecule has 3 nitrogen and oxygen atoms in total. The Hall–Kier alpha value is -1.58. The van der Waals surface area contributed by atoms with E-state index in [-0.39, 0.29) is 17.9 Å². The van der Waals surface area contributed by atoms with Gasteiger partial charge in [0.25, 0.3) is 0 Å². The quantitative estimate of drug-likeness (QED) is 0.850. The second-order valence-electron chi connectivity index (χ2n) is 4.87. The average molecular weight is 250 g/mol. The molecule has 18 heavy (non-hydrogen) atoms. The summed E-state index contributed by atoms with van der Waals surface area (Å²) in [5.41, 5.74) is 0.901. The predicted molar refractivity (Wildman–Crippen MR) is 68.7 cm³/mol. The van der Waals surface area contributed by atoms with Gasteiger partial charge in [0.2, 0.25) is 0 Å². The average Bonchev–Trinajstić information content (AvgIpc) is 2.82. The molecule has 2 amide bonds. The van der Waals surface area contributed by atoms with Crippen LogP contribution in [-0.2, 0) is 0 Å². The zero-order valence-corrected chi connectivity index (χ0v) is 10.6. The largest absolute Gasteiger partial charge is 0.335 e. The maximum Gasteiger partial charge on any atom is 0.315 e. The van der Waals surface area contributed by atoms with E-state index in [4.69, 9.17) is 0 Å². The molecule has 1 aliphatic rings. The van der Waals surface area contributed by atoms with Crippen molar-refractivity contribution < 1.29 is 9.18 Å². The molecular formula is C14H19FN2O. The molecule has 0 aromatic heterocycles. The van der Waals surface area contributed by atoms with Gasteiger partial charge in [-0.1, -0.05) is 25.0 Å². The summed E-state index contributed by atoms with van der Waals surface area (Å²) in [6, 6.07) is 6.24. The van der Waals surface area contributed by atoms with E-state index in [2.05, 4.69) is 10.6 Å². The Kier molecular flexibility index (Phi) is 4.18. The fourth-order valence-corrected chi connectivity index (χ4v) is 2.33. The number of carbonyl (C=O) groups excluding carboxylic acids is 1. The maximum absolute atomic E-state index is 12.8. The van der Waals surface area contributed by atoms with Gasteiger partial charge in [-0.2, -0.15) is 0 Å². The van der Waals surface area contributed by atoms with E-state index in [1.54, 1.807) is 12.1 Å². The van der Waals surface area contributed by atoms with E-state index < -0.39 is 0 Å². The standard InChI is InChI=1S/C14H19FN2O/c1-10(11-6-8-12(15)9-7-11)16-14(18)17-13-4-2-3-5-13/h6-10,13H,2-5H2,1H3,(H2,16,17,18). The smallest absolute Gasteiger partial charge is 0.315 e. The van der Waals surface area contributed by atoms with Crippen LogP contribution >= 0.6 is 0 Å². The van der Waals surface area contributed by atoms with Crippen LogP contribution in [0.3, 0.4) is 0 Å². The summed E-state index contributed by atoms with van der Waals surface area (Å²) in [6.07, 6.45) is 4.52. The molecule has 1 atom stereocenters. The number of urea groups is 1. The number of hydrogen-bond acceptors (Lipinski definition) is 1. The lowest BCUT2D eigenvalue weighted by Gasteiger charge is -2.17. The van der Waals surface area contributed by atoms with Crippen molar-refractivity contribution in [2.75, 3.05) is 0 Å². The van der Waals surface area contributed by atoms with Crippen LogP contribution in [0.1, 0.15) is 44.2 Å². The number of carbonyl (C=O) groups is 1.